The zero-order chi connectivity index (χ0) is 8.65. The molecule has 0 fully saturated rings. The largest absolute Gasteiger partial charge is 0.381 e. The van der Waals surface area contributed by atoms with Crippen LogP contribution in [0.3, 0.4) is 0 Å². The molecule has 0 amide bonds. The summed E-state index contributed by atoms with van der Waals surface area (Å²) in [6.07, 6.45) is 6.82. The first-order valence-corrected chi connectivity index (χ1v) is 3.60. The minimum atomic E-state index is 0.595. The van der Waals surface area contributed by atoms with Gasteiger partial charge in [0.15, 0.2) is 0 Å². The molecular formula is C8H11N3O. The van der Waals surface area contributed by atoms with E-state index in [1.165, 1.54) is 6.33 Å². The van der Waals surface area contributed by atoms with Crippen molar-refractivity contribution in [3.8, 4) is 0 Å². The van der Waals surface area contributed by atoms with Gasteiger partial charge in [0.05, 0.1) is 6.61 Å². The van der Waals surface area contributed by atoms with Gasteiger partial charge in [-0.15, -0.1) is 0 Å². The maximum Gasteiger partial charge on any atom is 0.133 e. The minimum absolute atomic E-state index is 0.595. The van der Waals surface area contributed by atoms with E-state index in [1.807, 2.05) is 6.08 Å². The lowest BCUT2D eigenvalue weighted by Crippen LogP contribution is -1.92. The highest BCUT2D eigenvalue weighted by molar-refractivity contribution is 5.34. The molecule has 4 heteroatoms. The lowest BCUT2D eigenvalue weighted by Gasteiger charge is -1.96. The van der Waals surface area contributed by atoms with E-state index in [0.717, 1.165) is 5.82 Å². The molecule has 0 bridgehead atoms. The number of methoxy groups -OCH3 is 1. The lowest BCUT2D eigenvalue weighted by atomic mass is 10.5. The molecule has 0 radical (unpaired) electrons. The fraction of sp³-hybridized carbons (Fsp3) is 0.250. The Morgan fingerprint density at radius 3 is 3.25 bits per heavy atom. The van der Waals surface area contributed by atoms with Gasteiger partial charge in [-0.2, -0.15) is 0 Å². The van der Waals surface area contributed by atoms with Gasteiger partial charge >= 0.3 is 0 Å². The van der Waals surface area contributed by atoms with Crippen molar-refractivity contribution in [3.63, 3.8) is 0 Å². The Labute approximate surface area is 71.3 Å². The number of nitrogens with one attached hydrogen (secondary N) is 1. The predicted octanol–water partition coefficient (Wildman–Crippen LogP) is 1.05. The second kappa shape index (κ2) is 5.26. The van der Waals surface area contributed by atoms with Gasteiger partial charge < -0.3 is 10.1 Å². The Bertz CT molecular complexity index is 235. The van der Waals surface area contributed by atoms with Crippen molar-refractivity contribution in [1.82, 2.24) is 9.97 Å². The molecule has 4 nitrogen and oxygen atoms in total. The zero-order valence-corrected chi connectivity index (χ0v) is 6.90. The van der Waals surface area contributed by atoms with E-state index in [9.17, 15) is 0 Å². The Morgan fingerprint density at radius 2 is 2.58 bits per heavy atom. The lowest BCUT2D eigenvalue weighted by molar-refractivity contribution is 0.234. The van der Waals surface area contributed by atoms with Crippen LogP contribution in [0.5, 0.6) is 0 Å². The molecular weight excluding hydrogens is 154 g/mol. The summed E-state index contributed by atoms with van der Waals surface area (Å²) < 4.78 is 4.82. The number of anilines is 1. The SMILES string of the molecule is COC/C=C/Nc1ccncn1. The second-order valence-electron chi connectivity index (χ2n) is 2.10. The third-order valence-corrected chi connectivity index (χ3v) is 1.19. The molecule has 1 N–H and O–H groups in total. The van der Waals surface area contributed by atoms with Crippen LogP contribution < -0.4 is 5.32 Å². The first-order valence-electron chi connectivity index (χ1n) is 3.60. The first kappa shape index (κ1) is 8.67. The van der Waals surface area contributed by atoms with Crippen molar-refractivity contribution in [2.45, 2.75) is 0 Å². The number of rotatable bonds is 4. The van der Waals surface area contributed by atoms with Gasteiger partial charge in [-0.05, 0) is 12.1 Å². The number of nitrogens with zero attached hydrogens (tertiary/aromatic N) is 2. The van der Waals surface area contributed by atoms with Crippen molar-refractivity contribution < 1.29 is 4.74 Å². The van der Waals surface area contributed by atoms with Crippen molar-refractivity contribution in [1.29, 1.82) is 0 Å². The van der Waals surface area contributed by atoms with Gasteiger partial charge in [-0.1, -0.05) is 0 Å². The van der Waals surface area contributed by atoms with Crippen LogP contribution in [0.4, 0.5) is 5.82 Å². The summed E-state index contributed by atoms with van der Waals surface area (Å²) in [6, 6.07) is 1.79. The molecule has 0 spiro atoms. The number of aromatic nitrogens is 2. The van der Waals surface area contributed by atoms with Gasteiger partial charge in [0.1, 0.15) is 12.1 Å². The smallest absolute Gasteiger partial charge is 0.133 e. The topological polar surface area (TPSA) is 47.0 Å². The van der Waals surface area contributed by atoms with E-state index in [2.05, 4.69) is 15.3 Å². The predicted molar refractivity (Wildman–Crippen MR) is 46.7 cm³/mol. The van der Waals surface area contributed by atoms with Crippen molar-refractivity contribution in [3.05, 3.63) is 30.9 Å². The molecule has 1 aromatic rings. The maximum atomic E-state index is 4.82. The van der Waals surface area contributed by atoms with Crippen LogP contribution in [0, 0.1) is 0 Å². The fourth-order valence-corrected chi connectivity index (χ4v) is 0.665. The Morgan fingerprint density at radius 1 is 1.67 bits per heavy atom. The summed E-state index contributed by atoms with van der Waals surface area (Å²) in [4.78, 5) is 7.75. The molecule has 0 aliphatic carbocycles. The average molecular weight is 165 g/mol. The van der Waals surface area contributed by atoms with Crippen molar-refractivity contribution in [2.24, 2.45) is 0 Å². The first-order chi connectivity index (χ1) is 5.93. The van der Waals surface area contributed by atoms with Crippen LogP contribution in [-0.4, -0.2) is 23.7 Å². The molecule has 0 unspecified atom stereocenters. The van der Waals surface area contributed by atoms with Gasteiger partial charge in [0, 0.05) is 19.5 Å². The zero-order valence-electron chi connectivity index (χ0n) is 6.90. The van der Waals surface area contributed by atoms with E-state index < -0.39 is 0 Å². The Hall–Kier alpha value is -1.42. The Balaban J connectivity index is 2.33. The monoisotopic (exact) mass is 165 g/mol. The van der Waals surface area contributed by atoms with Crippen molar-refractivity contribution in [2.75, 3.05) is 19.0 Å². The van der Waals surface area contributed by atoms with Gasteiger partial charge in [0.25, 0.3) is 0 Å². The van der Waals surface area contributed by atoms with E-state index in [4.69, 9.17) is 4.74 Å². The van der Waals surface area contributed by atoms with Crippen LogP contribution >= 0.6 is 0 Å². The summed E-state index contributed by atoms with van der Waals surface area (Å²) in [5, 5.41) is 2.97. The van der Waals surface area contributed by atoms with Crippen molar-refractivity contribution >= 4 is 5.82 Å². The number of hydrogen-bond donors (Lipinski definition) is 1. The average Bonchev–Trinajstić information content (AvgIpc) is 2.14. The van der Waals surface area contributed by atoms with Gasteiger partial charge in [-0.3, -0.25) is 0 Å². The summed E-state index contributed by atoms with van der Waals surface area (Å²) in [7, 11) is 1.65. The standard InChI is InChI=1S/C8H11N3O/c1-12-6-2-4-10-8-3-5-9-7-11-8/h2-5,7H,6H2,1H3,(H,9,10,11)/b4-2+. The highest BCUT2D eigenvalue weighted by Gasteiger charge is 1.84. The molecule has 1 heterocycles. The molecule has 64 valence electrons. The number of hydrogen-bond acceptors (Lipinski definition) is 4. The third kappa shape index (κ3) is 3.12. The van der Waals surface area contributed by atoms with Crippen LogP contribution in [0.2, 0.25) is 0 Å². The molecule has 0 aliphatic heterocycles. The van der Waals surface area contributed by atoms with Crippen LogP contribution in [0.25, 0.3) is 0 Å². The van der Waals surface area contributed by atoms with Crippen LogP contribution in [-0.2, 0) is 4.74 Å². The quantitative estimate of drug-likeness (QED) is 0.724. The third-order valence-electron chi connectivity index (χ3n) is 1.19. The molecule has 0 aromatic carbocycles. The highest BCUT2D eigenvalue weighted by atomic mass is 16.5. The second-order valence-corrected chi connectivity index (χ2v) is 2.10. The molecule has 0 saturated carbocycles. The maximum absolute atomic E-state index is 4.82. The minimum Gasteiger partial charge on any atom is -0.381 e. The molecule has 1 aromatic heterocycles. The molecule has 1 rings (SSSR count). The van der Waals surface area contributed by atoms with E-state index >= 15 is 0 Å². The highest BCUT2D eigenvalue weighted by Crippen LogP contribution is 1.96. The fourth-order valence-electron chi connectivity index (χ4n) is 0.665. The summed E-state index contributed by atoms with van der Waals surface area (Å²) in [5.41, 5.74) is 0. The Kier molecular flexibility index (Phi) is 3.80. The summed E-state index contributed by atoms with van der Waals surface area (Å²) in [5.74, 6) is 0.775. The van der Waals surface area contributed by atoms with E-state index in [1.54, 1.807) is 25.6 Å². The molecule has 0 saturated heterocycles. The van der Waals surface area contributed by atoms with Crippen LogP contribution in [0.1, 0.15) is 0 Å². The van der Waals surface area contributed by atoms with E-state index in [-0.39, 0.29) is 0 Å². The normalized spacial score (nSPS) is 10.4. The molecule has 0 aliphatic rings. The molecule has 0 atom stereocenters. The van der Waals surface area contributed by atoms with Gasteiger partial charge in [-0.25, -0.2) is 9.97 Å². The number of ether oxygens (including phenoxy) is 1. The molecule has 12 heavy (non-hydrogen) atoms. The summed E-state index contributed by atoms with van der Waals surface area (Å²) >= 11 is 0. The van der Waals surface area contributed by atoms with Crippen LogP contribution in [0.15, 0.2) is 30.9 Å². The van der Waals surface area contributed by atoms with Gasteiger partial charge in [0.2, 0.25) is 0 Å². The summed E-state index contributed by atoms with van der Waals surface area (Å²) in [6.45, 7) is 0.595. The van der Waals surface area contributed by atoms with E-state index in [0.29, 0.717) is 6.61 Å².